The van der Waals surface area contributed by atoms with Crippen LogP contribution in [0.1, 0.15) is 49.8 Å². The van der Waals surface area contributed by atoms with Gasteiger partial charge in [0.05, 0.1) is 48.2 Å². The normalized spacial score (nSPS) is 24.3. The van der Waals surface area contributed by atoms with Gasteiger partial charge in [-0.25, -0.2) is 18.6 Å². The maximum Gasteiger partial charge on any atom is 0.407 e. The highest BCUT2D eigenvalue weighted by Gasteiger charge is 2.47. The van der Waals surface area contributed by atoms with Crippen LogP contribution < -0.4 is 15.1 Å². The van der Waals surface area contributed by atoms with Crippen LogP contribution in [0, 0.1) is 0 Å². The summed E-state index contributed by atoms with van der Waals surface area (Å²) in [5.41, 5.74) is 4.31. The van der Waals surface area contributed by atoms with E-state index in [0.717, 1.165) is 11.1 Å². The molecular formula is C31H33F2N7O5. The number of methoxy groups -OCH3 is 1. The summed E-state index contributed by atoms with van der Waals surface area (Å²) in [4.78, 5) is 37.0. The van der Waals surface area contributed by atoms with Crippen molar-refractivity contribution in [3.8, 4) is 22.4 Å². The molecule has 4 bridgehead atoms. The number of aryl methyl sites for hydroxylation is 1. The van der Waals surface area contributed by atoms with Gasteiger partial charge in [-0.05, 0) is 23.5 Å². The molecule has 1 aliphatic carbocycles. The number of rotatable bonds is 3. The second-order valence-electron chi connectivity index (χ2n) is 12.0. The van der Waals surface area contributed by atoms with Gasteiger partial charge < -0.3 is 34.7 Å². The van der Waals surface area contributed by atoms with Gasteiger partial charge in [-0.1, -0.05) is 31.2 Å². The number of ether oxygens (including phenoxy) is 2. The fraction of sp³-hybridized carbons (Fsp3) is 0.419. The highest BCUT2D eigenvalue weighted by molar-refractivity contribution is 6.13. The van der Waals surface area contributed by atoms with Gasteiger partial charge >= 0.3 is 12.1 Å². The third-order valence-electron chi connectivity index (χ3n) is 9.23. The predicted molar refractivity (Wildman–Crippen MR) is 161 cm³/mol. The summed E-state index contributed by atoms with van der Waals surface area (Å²) in [6.45, 7) is 1.93. The average molecular weight is 622 g/mol. The van der Waals surface area contributed by atoms with E-state index >= 15 is 0 Å². The van der Waals surface area contributed by atoms with Crippen LogP contribution >= 0.6 is 0 Å². The molecule has 3 aliphatic heterocycles. The number of aromatic nitrogens is 4. The van der Waals surface area contributed by atoms with Crippen LogP contribution in [-0.4, -0.2) is 75.6 Å². The zero-order chi connectivity index (χ0) is 31.7. The summed E-state index contributed by atoms with van der Waals surface area (Å²) in [6.07, 6.45) is -1.30. The van der Waals surface area contributed by atoms with Crippen molar-refractivity contribution in [1.29, 1.82) is 0 Å². The largest absolute Gasteiger partial charge is 0.460 e. The number of esters is 1. The average Bonchev–Trinajstić information content (AvgIpc) is 3.75. The molecule has 0 spiro atoms. The summed E-state index contributed by atoms with van der Waals surface area (Å²) < 4.78 is 40.7. The molecule has 4 aromatic rings. The lowest BCUT2D eigenvalue weighted by Gasteiger charge is -2.32. The molecule has 1 amide bonds. The Kier molecular flexibility index (Phi) is 6.91. The molecule has 5 atom stereocenters. The Morgan fingerprint density at radius 2 is 1.98 bits per heavy atom. The van der Waals surface area contributed by atoms with Crippen LogP contribution in [0.2, 0.25) is 0 Å². The van der Waals surface area contributed by atoms with Crippen molar-refractivity contribution < 1.29 is 33.0 Å². The monoisotopic (exact) mass is 621 g/mol. The number of carbonyl (C=O) groups excluding carboxylic acids is 2. The Balaban J connectivity index is 1.50. The number of nitrogens with one attached hydrogen (secondary N) is 2. The molecule has 2 unspecified atom stereocenters. The quantitative estimate of drug-likeness (QED) is 0.284. The van der Waals surface area contributed by atoms with Crippen molar-refractivity contribution in [3.63, 3.8) is 0 Å². The van der Waals surface area contributed by atoms with Crippen molar-refractivity contribution >= 4 is 34.5 Å². The first-order valence-corrected chi connectivity index (χ1v) is 14.8. The number of amides is 1. The van der Waals surface area contributed by atoms with Gasteiger partial charge in [0, 0.05) is 43.9 Å². The van der Waals surface area contributed by atoms with E-state index in [-0.39, 0.29) is 29.6 Å². The maximum atomic E-state index is 14.3. The smallest absolute Gasteiger partial charge is 0.407 e. The lowest BCUT2D eigenvalue weighted by atomic mass is 9.93. The molecule has 1 saturated carbocycles. The predicted octanol–water partition coefficient (Wildman–Crippen LogP) is 4.41. The van der Waals surface area contributed by atoms with Crippen molar-refractivity contribution in [2.75, 3.05) is 24.0 Å². The zero-order valence-corrected chi connectivity index (χ0v) is 25.1. The van der Waals surface area contributed by atoms with Crippen LogP contribution in [-0.2, 0) is 21.3 Å². The molecule has 45 heavy (non-hydrogen) atoms. The SMILES string of the molecule is COC(=O)N[C@H]1CC2C[C@H]1OC(=O)C[C@@H](C)c1ccc(cc1)-c1c(-c3cn(C)nc3C(F)F)[nH]c3ncc4c(c13)N2C(O)N4C. The number of hydrogen-bond donors (Lipinski definition) is 3. The number of H-pyrrole nitrogens is 1. The van der Waals surface area contributed by atoms with E-state index in [0.29, 0.717) is 46.5 Å². The molecule has 236 valence electrons. The number of pyridine rings is 1. The van der Waals surface area contributed by atoms with Gasteiger partial charge in [-0.15, -0.1) is 0 Å². The Bertz CT molecular complexity index is 1810. The minimum Gasteiger partial charge on any atom is -0.460 e. The van der Waals surface area contributed by atoms with Gasteiger partial charge in [0.1, 0.15) is 17.4 Å². The number of hydrogen-bond acceptors (Lipinski definition) is 9. The number of fused-ring (bicyclic) bond motifs is 5. The van der Waals surface area contributed by atoms with E-state index in [1.807, 2.05) is 36.1 Å². The third kappa shape index (κ3) is 4.66. The van der Waals surface area contributed by atoms with Gasteiger partial charge in [0.15, 0.2) is 0 Å². The van der Waals surface area contributed by atoms with Gasteiger partial charge in [0.25, 0.3) is 6.43 Å². The first-order chi connectivity index (χ1) is 21.5. The number of nitrogens with zero attached hydrogens (tertiary/aromatic N) is 5. The van der Waals surface area contributed by atoms with Crippen molar-refractivity contribution in [2.24, 2.45) is 7.05 Å². The van der Waals surface area contributed by atoms with E-state index in [9.17, 15) is 23.5 Å². The lowest BCUT2D eigenvalue weighted by molar-refractivity contribution is -0.150. The maximum absolute atomic E-state index is 14.3. The second-order valence-corrected chi connectivity index (χ2v) is 12.0. The number of alkyl carbamates (subject to hydrolysis) is 1. The van der Waals surface area contributed by atoms with E-state index in [4.69, 9.17) is 9.47 Å². The third-order valence-corrected chi connectivity index (χ3v) is 9.23. The van der Waals surface area contributed by atoms with Crippen molar-refractivity contribution in [2.45, 2.75) is 63.1 Å². The number of aliphatic hydroxyl groups excluding tert-OH is 1. The molecule has 1 fully saturated rings. The Hall–Kier alpha value is -4.72. The summed E-state index contributed by atoms with van der Waals surface area (Å²) >= 11 is 0. The molecule has 3 N–H and O–H groups in total. The van der Waals surface area contributed by atoms with Crippen molar-refractivity contribution in [3.05, 3.63) is 47.9 Å². The van der Waals surface area contributed by atoms with Crippen molar-refractivity contribution in [1.82, 2.24) is 25.1 Å². The zero-order valence-electron chi connectivity index (χ0n) is 25.1. The topological polar surface area (TPSA) is 138 Å². The molecule has 0 radical (unpaired) electrons. The summed E-state index contributed by atoms with van der Waals surface area (Å²) in [7, 11) is 4.60. The number of anilines is 2. The summed E-state index contributed by atoms with van der Waals surface area (Å²) in [6, 6.07) is 6.67. The highest BCUT2D eigenvalue weighted by atomic mass is 19.3. The molecule has 3 aromatic heterocycles. The first kappa shape index (κ1) is 29.0. The first-order valence-electron chi connectivity index (χ1n) is 14.8. The minimum atomic E-state index is -2.82. The molecule has 8 rings (SSSR count). The van der Waals surface area contributed by atoms with Crippen LogP contribution in [0.4, 0.5) is 25.0 Å². The van der Waals surface area contributed by atoms with E-state index in [1.165, 1.54) is 11.8 Å². The molecule has 14 heteroatoms. The second kappa shape index (κ2) is 10.7. The minimum absolute atomic E-state index is 0.113. The van der Waals surface area contributed by atoms with Gasteiger partial charge in [-0.2, -0.15) is 5.10 Å². The lowest BCUT2D eigenvalue weighted by Crippen LogP contribution is -2.46. The number of aliphatic hydroxyl groups is 1. The molecule has 12 nitrogen and oxygen atoms in total. The number of halogens is 2. The number of aromatic amines is 1. The van der Waals surface area contributed by atoms with Gasteiger partial charge in [0.2, 0.25) is 6.35 Å². The Morgan fingerprint density at radius 3 is 2.69 bits per heavy atom. The van der Waals surface area contributed by atoms with Gasteiger partial charge in [-0.3, -0.25) is 9.48 Å². The molecule has 1 aromatic carbocycles. The summed E-state index contributed by atoms with van der Waals surface area (Å²) in [5.74, 6) is -0.582. The number of benzene rings is 1. The van der Waals surface area contributed by atoms with Crippen LogP contribution in [0.5, 0.6) is 0 Å². The highest BCUT2D eigenvalue weighted by Crippen LogP contribution is 2.52. The Labute approximate surface area is 256 Å². The molecule has 0 saturated heterocycles. The molecule has 6 heterocycles. The van der Waals surface area contributed by atoms with Crippen LogP contribution in [0.25, 0.3) is 33.4 Å². The van der Waals surface area contributed by atoms with Crippen LogP contribution in [0.3, 0.4) is 0 Å². The number of carbonyl (C=O) groups is 2. The number of alkyl halides is 2. The van der Waals surface area contributed by atoms with E-state index in [1.54, 1.807) is 31.4 Å². The Morgan fingerprint density at radius 1 is 1.22 bits per heavy atom. The van der Waals surface area contributed by atoms with E-state index in [2.05, 4.69) is 20.4 Å². The molecule has 4 aliphatic rings. The standard InChI is InChI=1S/C31H33F2N7O5/c1-14-9-22(41)45-21-11-17(10-19(21)35-30(42)44-4)40-27-20(39(3)31(40)43)12-34-29-24(27)23(16-7-5-15(14)6-8-16)25(36-29)18-13-38(2)37-26(18)28(32)33/h5-8,12-14,17,19,21,28,31,43H,9-11H2,1-4H3,(H,34,36)(H,35,42)/t14-,17?,19+,21-,31?/m1/s1. The van der Waals surface area contributed by atoms with Crippen LogP contribution in [0.15, 0.2) is 36.7 Å². The fourth-order valence-corrected chi connectivity index (χ4v) is 7.05. The van der Waals surface area contributed by atoms with E-state index < -0.39 is 37.0 Å². The fourth-order valence-electron chi connectivity index (χ4n) is 7.05. The molecular weight excluding hydrogens is 588 g/mol. The summed E-state index contributed by atoms with van der Waals surface area (Å²) in [5, 5.41) is 19.2.